The number of hydrogen-bond acceptors (Lipinski definition) is 2. The molecule has 3 heteroatoms. The minimum Gasteiger partial charge on any atom is -0.379 e. The zero-order chi connectivity index (χ0) is 10.2. The number of rotatable bonds is 8. The van der Waals surface area contributed by atoms with Crippen LogP contribution in [0.5, 0.6) is 0 Å². The molecule has 3 nitrogen and oxygen atoms in total. The molecular weight excluding hydrogens is 166 g/mol. The lowest BCUT2D eigenvalue weighted by molar-refractivity contribution is -0.888. The van der Waals surface area contributed by atoms with Crippen molar-refractivity contribution >= 4 is 0 Å². The predicted octanol–water partition coefficient (Wildman–Crippen LogP) is 1.14. The van der Waals surface area contributed by atoms with E-state index in [4.69, 9.17) is 9.47 Å². The lowest BCUT2D eigenvalue weighted by Crippen LogP contribution is -2.42. The molecule has 80 valence electrons. The van der Waals surface area contributed by atoms with Gasteiger partial charge in [-0.2, -0.15) is 0 Å². The summed E-state index contributed by atoms with van der Waals surface area (Å²) in [7, 11) is 4.43. The van der Waals surface area contributed by atoms with Crippen molar-refractivity contribution in [3.05, 3.63) is 0 Å². The largest absolute Gasteiger partial charge is 0.379 e. The molecule has 0 spiro atoms. The van der Waals surface area contributed by atoms with Gasteiger partial charge in [-0.3, -0.25) is 0 Å². The number of ether oxygens (including phenoxy) is 2. The third kappa shape index (κ3) is 8.22. The zero-order valence-corrected chi connectivity index (χ0v) is 9.51. The van der Waals surface area contributed by atoms with Crippen LogP contribution in [0.15, 0.2) is 0 Å². The maximum atomic E-state index is 5.43. The molecule has 0 aromatic carbocycles. The Balaban J connectivity index is 3.16. The van der Waals surface area contributed by atoms with Crippen LogP contribution in [0.25, 0.3) is 0 Å². The maximum absolute atomic E-state index is 5.43. The van der Waals surface area contributed by atoms with Gasteiger partial charge in [0.2, 0.25) is 0 Å². The van der Waals surface area contributed by atoms with Crippen molar-refractivity contribution in [3.63, 3.8) is 0 Å². The second kappa shape index (κ2) is 7.30. The summed E-state index contributed by atoms with van der Waals surface area (Å²) in [6.07, 6.45) is 0. The standard InChI is InChI=1S/C10H24NO2/c1-5-11(3,4)7-8-13-10-9-12-6-2/h5-10H2,1-4H3/q+1. The van der Waals surface area contributed by atoms with E-state index in [2.05, 4.69) is 21.0 Å². The molecule has 0 aliphatic carbocycles. The SMILES string of the molecule is CCOCCOCC[N+](C)(C)CC. The van der Waals surface area contributed by atoms with Gasteiger partial charge in [-0.25, -0.2) is 0 Å². The van der Waals surface area contributed by atoms with E-state index < -0.39 is 0 Å². The van der Waals surface area contributed by atoms with Crippen molar-refractivity contribution in [2.24, 2.45) is 0 Å². The van der Waals surface area contributed by atoms with Crippen LogP contribution in [0, 0.1) is 0 Å². The monoisotopic (exact) mass is 190 g/mol. The first-order chi connectivity index (χ1) is 6.12. The number of nitrogens with zero attached hydrogens (tertiary/aromatic N) is 1. The Kier molecular flexibility index (Phi) is 7.23. The molecule has 0 heterocycles. The Hall–Kier alpha value is -0.120. The number of hydrogen-bond donors (Lipinski definition) is 0. The summed E-state index contributed by atoms with van der Waals surface area (Å²) in [4.78, 5) is 0. The van der Waals surface area contributed by atoms with Crippen molar-refractivity contribution in [1.82, 2.24) is 0 Å². The Morgan fingerprint density at radius 2 is 1.54 bits per heavy atom. The third-order valence-electron chi connectivity index (χ3n) is 2.27. The van der Waals surface area contributed by atoms with E-state index >= 15 is 0 Å². The van der Waals surface area contributed by atoms with E-state index in [0.29, 0.717) is 0 Å². The topological polar surface area (TPSA) is 18.5 Å². The molecule has 0 aliphatic rings. The lowest BCUT2D eigenvalue weighted by Gasteiger charge is -2.27. The van der Waals surface area contributed by atoms with Gasteiger partial charge in [0.05, 0.1) is 40.5 Å². The molecule has 0 atom stereocenters. The highest BCUT2D eigenvalue weighted by Gasteiger charge is 2.10. The maximum Gasteiger partial charge on any atom is 0.102 e. The Morgan fingerprint density at radius 1 is 0.923 bits per heavy atom. The van der Waals surface area contributed by atoms with Crippen LogP contribution >= 0.6 is 0 Å². The van der Waals surface area contributed by atoms with Crippen LogP contribution in [-0.4, -0.2) is 58.1 Å². The summed E-state index contributed by atoms with van der Waals surface area (Å²) in [6, 6.07) is 0. The molecule has 0 N–H and O–H groups in total. The van der Waals surface area contributed by atoms with Gasteiger partial charge in [-0.05, 0) is 13.8 Å². The van der Waals surface area contributed by atoms with Gasteiger partial charge in [0, 0.05) is 6.61 Å². The van der Waals surface area contributed by atoms with Gasteiger partial charge in [0.25, 0.3) is 0 Å². The molecular formula is C10H24NO2+. The smallest absolute Gasteiger partial charge is 0.102 e. The third-order valence-corrected chi connectivity index (χ3v) is 2.27. The highest BCUT2D eigenvalue weighted by atomic mass is 16.5. The molecule has 0 saturated heterocycles. The van der Waals surface area contributed by atoms with Crippen molar-refractivity contribution in [2.75, 3.05) is 53.6 Å². The molecule has 0 amide bonds. The van der Waals surface area contributed by atoms with Crippen molar-refractivity contribution in [3.8, 4) is 0 Å². The zero-order valence-electron chi connectivity index (χ0n) is 9.51. The van der Waals surface area contributed by atoms with Crippen LogP contribution in [0.1, 0.15) is 13.8 Å². The van der Waals surface area contributed by atoms with Gasteiger partial charge in [0.15, 0.2) is 0 Å². The van der Waals surface area contributed by atoms with Crippen molar-refractivity contribution in [2.45, 2.75) is 13.8 Å². The molecule has 0 aromatic rings. The Morgan fingerprint density at radius 3 is 2.08 bits per heavy atom. The molecule has 0 unspecified atom stereocenters. The summed E-state index contributed by atoms with van der Waals surface area (Å²) in [5.41, 5.74) is 0. The summed E-state index contributed by atoms with van der Waals surface area (Å²) in [6.45, 7) is 9.45. The van der Waals surface area contributed by atoms with Gasteiger partial charge in [0.1, 0.15) is 6.54 Å². The van der Waals surface area contributed by atoms with E-state index in [1.54, 1.807) is 0 Å². The van der Waals surface area contributed by atoms with E-state index in [1.807, 2.05) is 6.92 Å². The first kappa shape index (κ1) is 12.9. The molecule has 0 rings (SSSR count). The Bertz CT molecular complexity index is 115. The summed E-state index contributed by atoms with van der Waals surface area (Å²) in [5, 5.41) is 0. The fourth-order valence-corrected chi connectivity index (χ4v) is 0.834. The summed E-state index contributed by atoms with van der Waals surface area (Å²) >= 11 is 0. The fourth-order valence-electron chi connectivity index (χ4n) is 0.834. The van der Waals surface area contributed by atoms with E-state index in [1.165, 1.54) is 0 Å². The molecule has 0 aromatic heterocycles. The molecule has 0 bridgehead atoms. The van der Waals surface area contributed by atoms with Crippen LogP contribution in [0.3, 0.4) is 0 Å². The lowest BCUT2D eigenvalue weighted by atomic mass is 10.4. The van der Waals surface area contributed by atoms with Gasteiger partial charge >= 0.3 is 0 Å². The quantitative estimate of drug-likeness (QED) is 0.422. The fraction of sp³-hybridized carbons (Fsp3) is 1.00. The second-order valence-electron chi connectivity index (χ2n) is 3.78. The second-order valence-corrected chi connectivity index (χ2v) is 3.78. The van der Waals surface area contributed by atoms with Crippen LogP contribution in [0.4, 0.5) is 0 Å². The van der Waals surface area contributed by atoms with E-state index in [9.17, 15) is 0 Å². The molecule has 0 fully saturated rings. The highest BCUT2D eigenvalue weighted by Crippen LogP contribution is 1.94. The van der Waals surface area contributed by atoms with Crippen LogP contribution in [-0.2, 0) is 9.47 Å². The average molecular weight is 190 g/mol. The molecule has 0 aliphatic heterocycles. The van der Waals surface area contributed by atoms with Crippen LogP contribution in [0.2, 0.25) is 0 Å². The normalized spacial score (nSPS) is 12.0. The van der Waals surface area contributed by atoms with Gasteiger partial charge < -0.3 is 14.0 Å². The molecule has 0 saturated carbocycles. The molecule has 13 heavy (non-hydrogen) atoms. The first-order valence-electron chi connectivity index (χ1n) is 5.10. The predicted molar refractivity (Wildman–Crippen MR) is 54.8 cm³/mol. The molecule has 0 radical (unpaired) electrons. The highest BCUT2D eigenvalue weighted by molar-refractivity contribution is 4.33. The Labute approximate surface area is 82.2 Å². The van der Waals surface area contributed by atoms with E-state index in [-0.39, 0.29) is 0 Å². The van der Waals surface area contributed by atoms with Gasteiger partial charge in [-0.1, -0.05) is 0 Å². The number of likely N-dealkylation sites (N-methyl/N-ethyl adjacent to an activating group) is 1. The van der Waals surface area contributed by atoms with E-state index in [0.717, 1.165) is 44.0 Å². The first-order valence-corrected chi connectivity index (χ1v) is 5.10. The van der Waals surface area contributed by atoms with Crippen molar-refractivity contribution < 1.29 is 14.0 Å². The summed E-state index contributed by atoms with van der Waals surface area (Å²) in [5.74, 6) is 0. The minimum atomic E-state index is 0.718. The summed E-state index contributed by atoms with van der Waals surface area (Å²) < 4.78 is 11.6. The van der Waals surface area contributed by atoms with Crippen molar-refractivity contribution in [1.29, 1.82) is 0 Å². The van der Waals surface area contributed by atoms with Crippen LogP contribution < -0.4 is 0 Å². The number of quaternary nitrogens is 1. The minimum absolute atomic E-state index is 0.718. The average Bonchev–Trinajstić information content (AvgIpc) is 2.11. The van der Waals surface area contributed by atoms with Gasteiger partial charge in [-0.15, -0.1) is 0 Å².